The van der Waals surface area contributed by atoms with Gasteiger partial charge in [-0.2, -0.15) is 0 Å². The minimum Gasteiger partial charge on any atom is -0.493 e. The molecule has 1 atom stereocenters. The summed E-state index contributed by atoms with van der Waals surface area (Å²) in [6, 6.07) is 11.7. The standard InChI is InChI=1S/C20H22FNO4/c1-24-18-10-9-14(12-19(18)25-2)16-7-5-11-22(16)20(23)13-26-17-8-4-3-6-15(17)21/h3-4,6,8-10,12,16H,5,7,11,13H2,1-2H3/t16-/m1/s1. The zero-order chi connectivity index (χ0) is 18.5. The van der Waals surface area contributed by atoms with E-state index in [9.17, 15) is 9.18 Å². The number of hydrogen-bond donors (Lipinski definition) is 0. The Labute approximate surface area is 152 Å². The van der Waals surface area contributed by atoms with Crippen LogP contribution in [0.5, 0.6) is 17.2 Å². The molecule has 1 aliphatic heterocycles. The van der Waals surface area contributed by atoms with Crippen molar-refractivity contribution in [3.05, 3.63) is 53.8 Å². The first-order chi connectivity index (χ1) is 12.6. The third-order valence-corrected chi connectivity index (χ3v) is 4.55. The maximum atomic E-state index is 13.6. The van der Waals surface area contributed by atoms with Crippen LogP contribution in [0.1, 0.15) is 24.4 Å². The van der Waals surface area contributed by atoms with Crippen LogP contribution in [0, 0.1) is 5.82 Å². The van der Waals surface area contributed by atoms with E-state index >= 15 is 0 Å². The summed E-state index contributed by atoms with van der Waals surface area (Å²) in [4.78, 5) is 14.4. The predicted molar refractivity (Wildman–Crippen MR) is 95.1 cm³/mol. The van der Waals surface area contributed by atoms with Crippen molar-refractivity contribution < 1.29 is 23.4 Å². The summed E-state index contributed by atoms with van der Waals surface area (Å²) in [7, 11) is 3.17. The summed E-state index contributed by atoms with van der Waals surface area (Å²) < 4.78 is 29.6. The molecule has 3 rings (SSSR count). The van der Waals surface area contributed by atoms with Crippen LogP contribution in [0.25, 0.3) is 0 Å². The van der Waals surface area contributed by atoms with Gasteiger partial charge in [0.15, 0.2) is 29.7 Å². The highest BCUT2D eigenvalue weighted by atomic mass is 19.1. The van der Waals surface area contributed by atoms with Gasteiger partial charge in [-0.25, -0.2) is 4.39 Å². The van der Waals surface area contributed by atoms with Crippen LogP contribution in [0.4, 0.5) is 4.39 Å². The molecular weight excluding hydrogens is 337 g/mol. The van der Waals surface area contributed by atoms with E-state index in [0.29, 0.717) is 18.0 Å². The van der Waals surface area contributed by atoms with Gasteiger partial charge in [0.25, 0.3) is 5.91 Å². The Morgan fingerprint density at radius 3 is 2.62 bits per heavy atom. The summed E-state index contributed by atoms with van der Waals surface area (Å²) in [5, 5.41) is 0. The van der Waals surface area contributed by atoms with Crippen molar-refractivity contribution in [2.45, 2.75) is 18.9 Å². The molecule has 0 saturated carbocycles. The Hall–Kier alpha value is -2.76. The van der Waals surface area contributed by atoms with Crippen molar-refractivity contribution in [3.8, 4) is 17.2 Å². The maximum Gasteiger partial charge on any atom is 0.261 e. The molecule has 1 fully saturated rings. The summed E-state index contributed by atoms with van der Waals surface area (Å²) in [5.74, 6) is 0.730. The number of carbonyl (C=O) groups is 1. The number of amides is 1. The second kappa shape index (κ2) is 8.08. The van der Waals surface area contributed by atoms with Gasteiger partial charge >= 0.3 is 0 Å². The second-order valence-electron chi connectivity index (χ2n) is 6.08. The van der Waals surface area contributed by atoms with Crippen LogP contribution in [-0.2, 0) is 4.79 Å². The van der Waals surface area contributed by atoms with Gasteiger partial charge in [0.05, 0.1) is 20.3 Å². The number of para-hydroxylation sites is 1. The Morgan fingerprint density at radius 1 is 1.12 bits per heavy atom. The molecule has 1 aliphatic rings. The average molecular weight is 359 g/mol. The van der Waals surface area contributed by atoms with Crippen molar-refractivity contribution in [1.82, 2.24) is 4.90 Å². The van der Waals surface area contributed by atoms with Crippen LogP contribution < -0.4 is 14.2 Å². The average Bonchev–Trinajstić information content (AvgIpc) is 3.16. The molecule has 1 heterocycles. The Kier molecular flexibility index (Phi) is 5.61. The molecule has 0 bridgehead atoms. The Morgan fingerprint density at radius 2 is 1.88 bits per heavy atom. The Bertz CT molecular complexity index is 780. The van der Waals surface area contributed by atoms with Crippen molar-refractivity contribution in [3.63, 3.8) is 0 Å². The number of hydrogen-bond acceptors (Lipinski definition) is 4. The third kappa shape index (κ3) is 3.74. The largest absolute Gasteiger partial charge is 0.493 e. The lowest BCUT2D eigenvalue weighted by atomic mass is 10.0. The SMILES string of the molecule is COc1ccc([C@H]2CCCN2C(=O)COc2ccccc2F)cc1OC. The normalized spacial score (nSPS) is 16.4. The molecule has 0 spiro atoms. The predicted octanol–water partition coefficient (Wildman–Crippen LogP) is 3.59. The molecule has 5 nitrogen and oxygen atoms in total. The fraction of sp³-hybridized carbons (Fsp3) is 0.350. The molecule has 0 aromatic heterocycles. The molecule has 0 aliphatic carbocycles. The van der Waals surface area contributed by atoms with Gasteiger partial charge in [-0.1, -0.05) is 18.2 Å². The third-order valence-electron chi connectivity index (χ3n) is 4.55. The van der Waals surface area contributed by atoms with Gasteiger partial charge in [-0.05, 0) is 42.7 Å². The van der Waals surface area contributed by atoms with Crippen molar-refractivity contribution in [2.75, 3.05) is 27.4 Å². The quantitative estimate of drug-likeness (QED) is 0.791. The fourth-order valence-corrected chi connectivity index (χ4v) is 3.26. The van der Waals surface area contributed by atoms with Crippen molar-refractivity contribution in [1.29, 1.82) is 0 Å². The number of nitrogens with zero attached hydrogens (tertiary/aromatic N) is 1. The molecule has 2 aromatic carbocycles. The summed E-state index contributed by atoms with van der Waals surface area (Å²) >= 11 is 0. The van der Waals surface area contributed by atoms with Gasteiger partial charge in [-0.15, -0.1) is 0 Å². The summed E-state index contributed by atoms with van der Waals surface area (Å²) in [5.41, 5.74) is 0.986. The van der Waals surface area contributed by atoms with Gasteiger partial charge < -0.3 is 19.1 Å². The lowest BCUT2D eigenvalue weighted by Gasteiger charge is -2.25. The van der Waals surface area contributed by atoms with Crippen LogP contribution in [0.3, 0.4) is 0 Å². The number of ether oxygens (including phenoxy) is 3. The smallest absolute Gasteiger partial charge is 0.261 e. The first-order valence-electron chi connectivity index (χ1n) is 8.52. The molecule has 6 heteroatoms. The van der Waals surface area contributed by atoms with E-state index < -0.39 is 5.82 Å². The summed E-state index contributed by atoms with van der Waals surface area (Å²) in [6.07, 6.45) is 1.77. The van der Waals surface area contributed by atoms with E-state index in [4.69, 9.17) is 14.2 Å². The first kappa shape index (κ1) is 18.0. The summed E-state index contributed by atoms with van der Waals surface area (Å²) in [6.45, 7) is 0.462. The van der Waals surface area contributed by atoms with Gasteiger partial charge in [0, 0.05) is 6.54 Å². The zero-order valence-electron chi connectivity index (χ0n) is 14.9. The maximum absolute atomic E-state index is 13.6. The lowest BCUT2D eigenvalue weighted by molar-refractivity contribution is -0.134. The second-order valence-corrected chi connectivity index (χ2v) is 6.08. The molecular formula is C20H22FNO4. The van der Waals surface area contributed by atoms with Crippen LogP contribution in [0.15, 0.2) is 42.5 Å². The molecule has 0 radical (unpaired) electrons. The highest BCUT2D eigenvalue weighted by molar-refractivity contribution is 5.78. The fourth-order valence-electron chi connectivity index (χ4n) is 3.26. The molecule has 26 heavy (non-hydrogen) atoms. The number of methoxy groups -OCH3 is 2. The highest BCUT2D eigenvalue weighted by Crippen LogP contribution is 2.37. The van der Waals surface area contributed by atoms with E-state index in [-0.39, 0.29) is 24.3 Å². The van der Waals surface area contributed by atoms with Crippen LogP contribution in [0.2, 0.25) is 0 Å². The van der Waals surface area contributed by atoms with E-state index in [2.05, 4.69) is 0 Å². The van der Waals surface area contributed by atoms with Crippen molar-refractivity contribution >= 4 is 5.91 Å². The number of halogens is 1. The van der Waals surface area contributed by atoms with E-state index in [1.165, 1.54) is 12.1 Å². The van der Waals surface area contributed by atoms with Gasteiger partial charge in [-0.3, -0.25) is 4.79 Å². The van der Waals surface area contributed by atoms with E-state index in [0.717, 1.165) is 18.4 Å². The minimum absolute atomic E-state index is 0.0495. The van der Waals surface area contributed by atoms with E-state index in [1.807, 2.05) is 18.2 Å². The lowest BCUT2D eigenvalue weighted by Crippen LogP contribution is -2.34. The van der Waals surface area contributed by atoms with Gasteiger partial charge in [0.2, 0.25) is 0 Å². The molecule has 0 unspecified atom stereocenters. The monoisotopic (exact) mass is 359 g/mol. The molecule has 0 N–H and O–H groups in total. The number of carbonyl (C=O) groups excluding carboxylic acids is 1. The topological polar surface area (TPSA) is 48.0 Å². The molecule has 1 amide bonds. The Balaban J connectivity index is 1.71. The van der Waals surface area contributed by atoms with E-state index in [1.54, 1.807) is 31.3 Å². The zero-order valence-corrected chi connectivity index (χ0v) is 14.9. The minimum atomic E-state index is -0.474. The van der Waals surface area contributed by atoms with Gasteiger partial charge in [0.1, 0.15) is 0 Å². The first-order valence-corrected chi connectivity index (χ1v) is 8.52. The van der Waals surface area contributed by atoms with Crippen LogP contribution >= 0.6 is 0 Å². The highest BCUT2D eigenvalue weighted by Gasteiger charge is 2.30. The molecule has 138 valence electrons. The number of benzene rings is 2. The van der Waals surface area contributed by atoms with Crippen LogP contribution in [-0.4, -0.2) is 38.2 Å². The molecule has 2 aromatic rings. The number of rotatable bonds is 6. The van der Waals surface area contributed by atoms with Crippen molar-refractivity contribution in [2.24, 2.45) is 0 Å². The molecule has 1 saturated heterocycles. The number of likely N-dealkylation sites (tertiary alicyclic amines) is 1.